The van der Waals surface area contributed by atoms with E-state index in [0.29, 0.717) is 5.92 Å². The van der Waals surface area contributed by atoms with Crippen LogP contribution in [0, 0.1) is 5.92 Å². The van der Waals surface area contributed by atoms with Gasteiger partial charge in [-0.2, -0.15) is 0 Å². The van der Waals surface area contributed by atoms with Gasteiger partial charge in [-0.25, -0.2) is 0 Å². The standard InChI is InChI=1S/C14H14O/c1-9-8-11-7-6-10-4-2-3-5-12(10)13(11)14(9)15/h2-7,9,14-15H,8H2,1H3. The van der Waals surface area contributed by atoms with E-state index in [4.69, 9.17) is 0 Å². The molecule has 0 fully saturated rings. The lowest BCUT2D eigenvalue weighted by Crippen LogP contribution is -2.01. The first-order valence-corrected chi connectivity index (χ1v) is 5.46. The maximum Gasteiger partial charge on any atom is 0.0827 e. The van der Waals surface area contributed by atoms with Crippen molar-refractivity contribution >= 4 is 10.8 Å². The fourth-order valence-corrected chi connectivity index (χ4v) is 2.61. The quantitative estimate of drug-likeness (QED) is 0.689. The molecular weight excluding hydrogens is 184 g/mol. The third-order valence-electron chi connectivity index (χ3n) is 3.44. The molecule has 2 aromatic rings. The van der Waals surface area contributed by atoms with Crippen LogP contribution >= 0.6 is 0 Å². The van der Waals surface area contributed by atoms with Gasteiger partial charge < -0.3 is 5.11 Å². The third kappa shape index (κ3) is 1.20. The topological polar surface area (TPSA) is 20.2 Å². The summed E-state index contributed by atoms with van der Waals surface area (Å²) in [6.07, 6.45) is 0.715. The van der Waals surface area contributed by atoms with Crippen LogP contribution in [0.1, 0.15) is 24.2 Å². The minimum Gasteiger partial charge on any atom is -0.388 e. The predicted molar refractivity (Wildman–Crippen MR) is 61.8 cm³/mol. The van der Waals surface area contributed by atoms with Crippen LogP contribution in [0.2, 0.25) is 0 Å². The van der Waals surface area contributed by atoms with Crippen molar-refractivity contribution in [3.63, 3.8) is 0 Å². The van der Waals surface area contributed by atoms with Crippen molar-refractivity contribution in [3.8, 4) is 0 Å². The van der Waals surface area contributed by atoms with E-state index in [9.17, 15) is 5.11 Å². The van der Waals surface area contributed by atoms with Crippen LogP contribution in [0.5, 0.6) is 0 Å². The Kier molecular flexibility index (Phi) is 1.83. The number of aliphatic hydroxyl groups excluding tert-OH is 1. The van der Waals surface area contributed by atoms with E-state index in [0.717, 1.165) is 12.0 Å². The molecule has 1 nitrogen and oxygen atoms in total. The molecule has 3 rings (SSSR count). The van der Waals surface area contributed by atoms with Crippen molar-refractivity contribution in [1.29, 1.82) is 0 Å². The molecule has 0 radical (unpaired) electrons. The Morgan fingerprint density at radius 1 is 1.13 bits per heavy atom. The molecule has 76 valence electrons. The van der Waals surface area contributed by atoms with Crippen LogP contribution in [0.15, 0.2) is 36.4 Å². The molecule has 0 saturated heterocycles. The van der Waals surface area contributed by atoms with Gasteiger partial charge in [0.2, 0.25) is 0 Å². The smallest absolute Gasteiger partial charge is 0.0827 e. The molecule has 15 heavy (non-hydrogen) atoms. The summed E-state index contributed by atoms with van der Waals surface area (Å²) >= 11 is 0. The summed E-state index contributed by atoms with van der Waals surface area (Å²) in [5, 5.41) is 12.6. The summed E-state index contributed by atoms with van der Waals surface area (Å²) < 4.78 is 0. The van der Waals surface area contributed by atoms with Gasteiger partial charge in [0.05, 0.1) is 6.10 Å². The Morgan fingerprint density at radius 3 is 2.80 bits per heavy atom. The monoisotopic (exact) mass is 198 g/mol. The molecular formula is C14H14O. The Hall–Kier alpha value is -1.34. The number of rotatable bonds is 0. The van der Waals surface area contributed by atoms with Gasteiger partial charge in [0.15, 0.2) is 0 Å². The predicted octanol–water partition coefficient (Wildman–Crippen LogP) is 3.07. The molecule has 2 aromatic carbocycles. The maximum absolute atomic E-state index is 10.1. The molecule has 1 aliphatic carbocycles. The highest BCUT2D eigenvalue weighted by Crippen LogP contribution is 2.39. The Bertz CT molecular complexity index is 516. The fraction of sp³-hybridized carbons (Fsp3) is 0.286. The Morgan fingerprint density at radius 2 is 1.93 bits per heavy atom. The summed E-state index contributed by atoms with van der Waals surface area (Å²) in [6, 6.07) is 12.6. The summed E-state index contributed by atoms with van der Waals surface area (Å²) in [4.78, 5) is 0. The highest BCUT2D eigenvalue weighted by atomic mass is 16.3. The van der Waals surface area contributed by atoms with E-state index in [1.165, 1.54) is 16.3 Å². The summed E-state index contributed by atoms with van der Waals surface area (Å²) in [7, 11) is 0. The Balaban J connectivity index is 2.35. The number of hydrogen-bond acceptors (Lipinski definition) is 1. The second-order valence-corrected chi connectivity index (χ2v) is 4.49. The maximum atomic E-state index is 10.1. The second kappa shape index (κ2) is 3.07. The number of aliphatic hydroxyl groups is 1. The van der Waals surface area contributed by atoms with Crippen molar-refractivity contribution in [2.45, 2.75) is 19.4 Å². The summed E-state index contributed by atoms with van der Waals surface area (Å²) in [6.45, 7) is 2.11. The van der Waals surface area contributed by atoms with E-state index in [-0.39, 0.29) is 6.10 Å². The SMILES string of the molecule is CC1Cc2ccc3ccccc3c2C1O. The molecule has 1 aliphatic rings. The highest BCUT2D eigenvalue weighted by molar-refractivity contribution is 5.87. The highest BCUT2D eigenvalue weighted by Gasteiger charge is 2.28. The lowest BCUT2D eigenvalue weighted by Gasteiger charge is -2.11. The largest absolute Gasteiger partial charge is 0.388 e. The minimum atomic E-state index is -0.286. The van der Waals surface area contributed by atoms with Crippen molar-refractivity contribution < 1.29 is 5.11 Å². The first kappa shape index (κ1) is 8.93. The van der Waals surface area contributed by atoms with Crippen LogP contribution in [0.25, 0.3) is 10.8 Å². The lowest BCUT2D eigenvalue weighted by molar-refractivity contribution is 0.134. The van der Waals surface area contributed by atoms with Crippen LogP contribution < -0.4 is 0 Å². The molecule has 0 saturated carbocycles. The first-order chi connectivity index (χ1) is 7.27. The number of hydrogen-bond donors (Lipinski definition) is 1. The zero-order valence-electron chi connectivity index (χ0n) is 8.77. The van der Waals surface area contributed by atoms with Gasteiger partial charge in [0, 0.05) is 0 Å². The summed E-state index contributed by atoms with van der Waals surface area (Å²) in [5.41, 5.74) is 2.47. The first-order valence-electron chi connectivity index (χ1n) is 5.46. The minimum absolute atomic E-state index is 0.286. The van der Waals surface area contributed by atoms with Gasteiger partial charge in [-0.3, -0.25) is 0 Å². The van der Waals surface area contributed by atoms with Gasteiger partial charge >= 0.3 is 0 Å². The van der Waals surface area contributed by atoms with Crippen LogP contribution in [-0.4, -0.2) is 5.11 Å². The molecule has 0 spiro atoms. The van der Waals surface area contributed by atoms with E-state index >= 15 is 0 Å². The number of fused-ring (bicyclic) bond motifs is 3. The molecule has 0 aromatic heterocycles. The zero-order chi connectivity index (χ0) is 10.4. The molecule has 1 heteroatoms. The van der Waals surface area contributed by atoms with Gasteiger partial charge in [0.1, 0.15) is 0 Å². The van der Waals surface area contributed by atoms with Crippen LogP contribution in [-0.2, 0) is 6.42 Å². The van der Waals surface area contributed by atoms with Crippen LogP contribution in [0.3, 0.4) is 0 Å². The molecule has 2 unspecified atom stereocenters. The van der Waals surface area contributed by atoms with Gasteiger partial charge in [-0.05, 0) is 34.2 Å². The second-order valence-electron chi connectivity index (χ2n) is 4.49. The van der Waals surface area contributed by atoms with E-state index < -0.39 is 0 Å². The van der Waals surface area contributed by atoms with Crippen molar-refractivity contribution in [3.05, 3.63) is 47.5 Å². The van der Waals surface area contributed by atoms with Crippen molar-refractivity contribution in [2.24, 2.45) is 5.92 Å². The van der Waals surface area contributed by atoms with E-state index in [1.807, 2.05) is 12.1 Å². The summed E-state index contributed by atoms with van der Waals surface area (Å²) in [5.74, 6) is 0.353. The zero-order valence-corrected chi connectivity index (χ0v) is 8.77. The van der Waals surface area contributed by atoms with E-state index in [2.05, 4.69) is 31.2 Å². The molecule has 0 aliphatic heterocycles. The van der Waals surface area contributed by atoms with Crippen molar-refractivity contribution in [2.75, 3.05) is 0 Å². The lowest BCUT2D eigenvalue weighted by atomic mass is 9.99. The molecule has 0 bridgehead atoms. The van der Waals surface area contributed by atoms with Gasteiger partial charge in [0.25, 0.3) is 0 Å². The fourth-order valence-electron chi connectivity index (χ4n) is 2.61. The van der Waals surface area contributed by atoms with Crippen molar-refractivity contribution in [1.82, 2.24) is 0 Å². The van der Waals surface area contributed by atoms with Gasteiger partial charge in [-0.1, -0.05) is 43.3 Å². The average molecular weight is 198 g/mol. The van der Waals surface area contributed by atoms with Crippen LogP contribution in [0.4, 0.5) is 0 Å². The molecule has 2 atom stereocenters. The molecule has 1 N–H and O–H groups in total. The normalized spacial score (nSPS) is 24.4. The van der Waals surface area contributed by atoms with Gasteiger partial charge in [-0.15, -0.1) is 0 Å². The Labute approximate surface area is 89.4 Å². The third-order valence-corrected chi connectivity index (χ3v) is 3.44. The van der Waals surface area contributed by atoms with E-state index in [1.54, 1.807) is 0 Å². The number of benzene rings is 2. The average Bonchev–Trinajstić information content (AvgIpc) is 2.55. The molecule has 0 amide bonds. The molecule has 0 heterocycles.